The molecule has 0 bridgehead atoms. The Balaban J connectivity index is 2.26. The van der Waals surface area contributed by atoms with Crippen molar-refractivity contribution in [2.24, 2.45) is 0 Å². The molecule has 0 aliphatic heterocycles. The van der Waals surface area contributed by atoms with Crippen molar-refractivity contribution in [3.8, 4) is 6.07 Å². The molecule has 60 valence electrons. The van der Waals surface area contributed by atoms with Crippen LogP contribution in [0.2, 0.25) is 0 Å². The van der Waals surface area contributed by atoms with Crippen molar-refractivity contribution in [3.63, 3.8) is 0 Å². The van der Waals surface area contributed by atoms with Crippen LogP contribution in [0.1, 0.15) is 24.8 Å². The first-order valence-electron chi connectivity index (χ1n) is 4.30. The molecule has 2 rings (SSSR count). The van der Waals surface area contributed by atoms with Gasteiger partial charge in [-0.1, -0.05) is 30.3 Å². The third-order valence-corrected chi connectivity index (χ3v) is 2.66. The lowest BCUT2D eigenvalue weighted by atomic mass is 9.93. The number of hydrogen-bond donors (Lipinski definition) is 0. The van der Waals surface area contributed by atoms with E-state index < -0.39 is 0 Å². The van der Waals surface area contributed by atoms with E-state index in [9.17, 15) is 0 Å². The van der Waals surface area contributed by atoms with Gasteiger partial charge in [0.05, 0.1) is 6.07 Å². The molecule has 1 aromatic rings. The Labute approximate surface area is 72.6 Å². The van der Waals surface area contributed by atoms with Gasteiger partial charge in [0.25, 0.3) is 0 Å². The molecule has 0 spiro atoms. The fourth-order valence-electron chi connectivity index (χ4n) is 1.66. The molecule has 0 saturated heterocycles. The second-order valence-corrected chi connectivity index (χ2v) is 3.48. The summed E-state index contributed by atoms with van der Waals surface area (Å²) in [6, 6.07) is 12.6. The summed E-state index contributed by atoms with van der Waals surface area (Å²) in [5, 5.41) is 8.65. The normalized spacial score (nSPS) is 18.2. The highest BCUT2D eigenvalue weighted by atomic mass is 14.5. The lowest BCUT2D eigenvalue weighted by Crippen LogP contribution is -2.04. The van der Waals surface area contributed by atoms with Crippen LogP contribution in [-0.2, 0) is 5.41 Å². The number of nitrogens with zero attached hydrogens (tertiary/aromatic N) is 1. The van der Waals surface area contributed by atoms with Gasteiger partial charge in [-0.05, 0) is 18.4 Å². The standard InChI is InChI=1S/C11H11N/c12-9-8-11(6-7-11)10-4-2-1-3-5-10/h1-5H,6-8H2. The van der Waals surface area contributed by atoms with Crippen LogP contribution in [0, 0.1) is 11.3 Å². The summed E-state index contributed by atoms with van der Waals surface area (Å²) in [6.45, 7) is 0. The van der Waals surface area contributed by atoms with Crippen LogP contribution in [0.5, 0.6) is 0 Å². The summed E-state index contributed by atoms with van der Waals surface area (Å²) in [7, 11) is 0. The van der Waals surface area contributed by atoms with E-state index in [0.717, 1.165) is 0 Å². The molecule has 0 heterocycles. The third-order valence-electron chi connectivity index (χ3n) is 2.66. The van der Waals surface area contributed by atoms with Crippen LogP contribution >= 0.6 is 0 Å². The van der Waals surface area contributed by atoms with E-state index in [0.29, 0.717) is 6.42 Å². The Morgan fingerprint density at radius 1 is 1.25 bits per heavy atom. The highest BCUT2D eigenvalue weighted by Crippen LogP contribution is 2.50. The van der Waals surface area contributed by atoms with Crippen LogP contribution in [0.25, 0.3) is 0 Å². The molecule has 1 aliphatic carbocycles. The molecular weight excluding hydrogens is 146 g/mol. The van der Waals surface area contributed by atoms with Crippen molar-refractivity contribution in [1.82, 2.24) is 0 Å². The number of hydrogen-bond acceptors (Lipinski definition) is 1. The summed E-state index contributed by atoms with van der Waals surface area (Å²) >= 11 is 0. The van der Waals surface area contributed by atoms with E-state index in [-0.39, 0.29) is 5.41 Å². The van der Waals surface area contributed by atoms with Gasteiger partial charge in [-0.15, -0.1) is 0 Å². The zero-order valence-corrected chi connectivity index (χ0v) is 6.96. The summed E-state index contributed by atoms with van der Waals surface area (Å²) in [5.74, 6) is 0. The first kappa shape index (κ1) is 7.36. The summed E-state index contributed by atoms with van der Waals surface area (Å²) in [4.78, 5) is 0. The van der Waals surface area contributed by atoms with E-state index in [4.69, 9.17) is 5.26 Å². The molecule has 1 fully saturated rings. The largest absolute Gasteiger partial charge is 0.198 e. The first-order valence-corrected chi connectivity index (χ1v) is 4.30. The van der Waals surface area contributed by atoms with Crippen molar-refractivity contribution < 1.29 is 0 Å². The van der Waals surface area contributed by atoms with Gasteiger partial charge in [0.1, 0.15) is 0 Å². The van der Waals surface area contributed by atoms with Crippen LogP contribution in [0.4, 0.5) is 0 Å². The van der Waals surface area contributed by atoms with Gasteiger partial charge >= 0.3 is 0 Å². The fourth-order valence-corrected chi connectivity index (χ4v) is 1.66. The van der Waals surface area contributed by atoms with E-state index in [1.165, 1.54) is 18.4 Å². The van der Waals surface area contributed by atoms with Crippen molar-refractivity contribution in [1.29, 1.82) is 5.26 Å². The molecule has 0 amide bonds. The van der Waals surface area contributed by atoms with Crippen LogP contribution in [0.3, 0.4) is 0 Å². The van der Waals surface area contributed by atoms with Gasteiger partial charge in [-0.25, -0.2) is 0 Å². The molecule has 0 N–H and O–H groups in total. The predicted molar refractivity (Wildman–Crippen MR) is 47.6 cm³/mol. The third kappa shape index (κ3) is 1.10. The quantitative estimate of drug-likeness (QED) is 0.647. The predicted octanol–water partition coefficient (Wildman–Crippen LogP) is 2.63. The van der Waals surface area contributed by atoms with Crippen molar-refractivity contribution >= 4 is 0 Å². The molecule has 12 heavy (non-hydrogen) atoms. The maximum absolute atomic E-state index is 8.65. The summed E-state index contributed by atoms with van der Waals surface area (Å²) < 4.78 is 0. The maximum atomic E-state index is 8.65. The van der Waals surface area contributed by atoms with E-state index >= 15 is 0 Å². The zero-order valence-electron chi connectivity index (χ0n) is 6.96. The Bertz CT molecular complexity index is 304. The van der Waals surface area contributed by atoms with Crippen LogP contribution in [-0.4, -0.2) is 0 Å². The van der Waals surface area contributed by atoms with Gasteiger partial charge in [-0.2, -0.15) is 5.26 Å². The second kappa shape index (κ2) is 2.64. The fraction of sp³-hybridized carbons (Fsp3) is 0.364. The van der Waals surface area contributed by atoms with Crippen LogP contribution in [0.15, 0.2) is 30.3 Å². The smallest absolute Gasteiger partial charge is 0.0631 e. The number of benzene rings is 1. The Morgan fingerprint density at radius 3 is 2.42 bits per heavy atom. The minimum Gasteiger partial charge on any atom is -0.198 e. The molecule has 0 unspecified atom stereocenters. The summed E-state index contributed by atoms with van der Waals surface area (Å²) in [5.41, 5.74) is 1.57. The molecule has 1 heteroatoms. The van der Waals surface area contributed by atoms with Gasteiger partial charge in [-0.3, -0.25) is 0 Å². The van der Waals surface area contributed by atoms with E-state index in [1.54, 1.807) is 0 Å². The average molecular weight is 157 g/mol. The van der Waals surface area contributed by atoms with E-state index in [1.807, 2.05) is 18.2 Å². The molecule has 0 atom stereocenters. The maximum Gasteiger partial charge on any atom is 0.0631 e. The molecule has 1 aromatic carbocycles. The minimum absolute atomic E-state index is 0.232. The molecule has 0 aromatic heterocycles. The molecule has 0 radical (unpaired) electrons. The van der Waals surface area contributed by atoms with E-state index in [2.05, 4.69) is 18.2 Å². The van der Waals surface area contributed by atoms with Crippen molar-refractivity contribution in [2.45, 2.75) is 24.7 Å². The van der Waals surface area contributed by atoms with Crippen LogP contribution < -0.4 is 0 Å². The van der Waals surface area contributed by atoms with Gasteiger partial charge in [0.2, 0.25) is 0 Å². The highest BCUT2D eigenvalue weighted by molar-refractivity contribution is 5.32. The lowest BCUT2D eigenvalue weighted by molar-refractivity contribution is 0.715. The topological polar surface area (TPSA) is 23.8 Å². The Morgan fingerprint density at radius 2 is 1.92 bits per heavy atom. The molecule has 1 saturated carbocycles. The Kier molecular flexibility index (Phi) is 1.62. The average Bonchev–Trinajstić information content (AvgIpc) is 2.88. The molecule has 1 aliphatic rings. The number of rotatable bonds is 2. The van der Waals surface area contributed by atoms with Crippen molar-refractivity contribution in [3.05, 3.63) is 35.9 Å². The zero-order chi connectivity index (χ0) is 8.44. The second-order valence-electron chi connectivity index (χ2n) is 3.48. The lowest BCUT2D eigenvalue weighted by Gasteiger charge is -2.09. The molecule has 1 nitrogen and oxygen atoms in total. The van der Waals surface area contributed by atoms with Crippen molar-refractivity contribution in [2.75, 3.05) is 0 Å². The van der Waals surface area contributed by atoms with Gasteiger partial charge < -0.3 is 0 Å². The number of nitriles is 1. The first-order chi connectivity index (χ1) is 5.87. The summed E-state index contributed by atoms with van der Waals surface area (Å²) in [6.07, 6.45) is 3.05. The minimum atomic E-state index is 0.232. The SMILES string of the molecule is N#CCC1(c2ccccc2)CC1. The highest BCUT2D eigenvalue weighted by Gasteiger charge is 2.43. The molecular formula is C11H11N. The van der Waals surface area contributed by atoms with Gasteiger partial charge in [0.15, 0.2) is 0 Å². The van der Waals surface area contributed by atoms with Gasteiger partial charge in [0, 0.05) is 11.8 Å². The Hall–Kier alpha value is -1.29. The monoisotopic (exact) mass is 157 g/mol.